The summed E-state index contributed by atoms with van der Waals surface area (Å²) in [5.41, 5.74) is 3.24. The maximum Gasteiger partial charge on any atom is 0.243 e. The summed E-state index contributed by atoms with van der Waals surface area (Å²) in [6.45, 7) is 4.59. The van der Waals surface area contributed by atoms with Gasteiger partial charge in [-0.3, -0.25) is 9.59 Å². The van der Waals surface area contributed by atoms with Crippen molar-refractivity contribution in [3.05, 3.63) is 107 Å². The van der Waals surface area contributed by atoms with E-state index in [-0.39, 0.29) is 30.6 Å². The second-order valence-corrected chi connectivity index (χ2v) is 8.57. The molecule has 0 spiro atoms. The maximum absolute atomic E-state index is 14.6. The molecule has 1 N–H and O–H groups in total. The van der Waals surface area contributed by atoms with Crippen molar-refractivity contribution in [3.8, 4) is 0 Å². The van der Waals surface area contributed by atoms with Crippen molar-refractivity contribution in [1.29, 1.82) is 0 Å². The van der Waals surface area contributed by atoms with E-state index in [1.807, 2.05) is 61.5 Å². The molecule has 4 nitrogen and oxygen atoms in total. The zero-order valence-electron chi connectivity index (χ0n) is 20.0. The van der Waals surface area contributed by atoms with Crippen LogP contribution in [0.1, 0.15) is 42.0 Å². The van der Waals surface area contributed by atoms with Crippen LogP contribution in [-0.4, -0.2) is 29.3 Å². The van der Waals surface area contributed by atoms with Crippen molar-refractivity contribution in [2.24, 2.45) is 0 Å². The van der Waals surface area contributed by atoms with Gasteiger partial charge in [0.1, 0.15) is 11.9 Å². The lowest BCUT2D eigenvalue weighted by Crippen LogP contribution is -2.51. The summed E-state index contributed by atoms with van der Waals surface area (Å²) in [7, 11) is 0. The minimum atomic E-state index is -0.754. The Labute approximate surface area is 201 Å². The van der Waals surface area contributed by atoms with Crippen LogP contribution in [0.5, 0.6) is 0 Å². The Kier molecular flexibility index (Phi) is 9.39. The lowest BCUT2D eigenvalue weighted by Gasteiger charge is -2.32. The number of benzene rings is 3. The number of unbranched alkanes of at least 4 members (excludes halogenated alkanes) is 1. The summed E-state index contributed by atoms with van der Waals surface area (Å²) in [5, 5.41) is 2.99. The molecule has 0 heterocycles. The molecule has 0 aliphatic heterocycles. The smallest absolute Gasteiger partial charge is 0.243 e. The van der Waals surface area contributed by atoms with Crippen LogP contribution in [0.4, 0.5) is 4.39 Å². The molecule has 0 fully saturated rings. The van der Waals surface area contributed by atoms with E-state index in [2.05, 4.69) is 12.2 Å². The molecule has 0 saturated heterocycles. The molecule has 1 unspecified atom stereocenters. The van der Waals surface area contributed by atoms with Gasteiger partial charge in [0.2, 0.25) is 11.8 Å². The van der Waals surface area contributed by atoms with E-state index in [9.17, 15) is 14.0 Å². The third-order valence-corrected chi connectivity index (χ3v) is 6.00. The summed E-state index contributed by atoms with van der Waals surface area (Å²) in [5.74, 6) is -0.808. The number of nitrogens with zero attached hydrogens (tertiary/aromatic N) is 1. The van der Waals surface area contributed by atoms with Gasteiger partial charge in [0.05, 0.1) is 6.42 Å². The maximum atomic E-state index is 14.6. The average molecular weight is 461 g/mol. The molecule has 0 saturated carbocycles. The normalized spacial score (nSPS) is 11.6. The third-order valence-electron chi connectivity index (χ3n) is 6.00. The van der Waals surface area contributed by atoms with Crippen molar-refractivity contribution >= 4 is 11.8 Å². The fraction of sp³-hybridized carbons (Fsp3) is 0.310. The van der Waals surface area contributed by atoms with Crippen LogP contribution < -0.4 is 5.32 Å². The predicted octanol–water partition coefficient (Wildman–Crippen LogP) is 5.23. The van der Waals surface area contributed by atoms with Crippen molar-refractivity contribution in [2.45, 2.75) is 52.1 Å². The fourth-order valence-corrected chi connectivity index (χ4v) is 3.94. The second kappa shape index (κ2) is 12.7. The average Bonchev–Trinajstić information content (AvgIpc) is 2.84. The summed E-state index contributed by atoms with van der Waals surface area (Å²) < 4.78 is 14.6. The van der Waals surface area contributed by atoms with Crippen LogP contribution in [0, 0.1) is 12.7 Å². The molecule has 0 aliphatic carbocycles. The Balaban J connectivity index is 1.96. The summed E-state index contributed by atoms with van der Waals surface area (Å²) in [6.07, 6.45) is 2.31. The summed E-state index contributed by atoms with van der Waals surface area (Å²) in [6, 6.07) is 23.0. The molecule has 0 aliphatic rings. The van der Waals surface area contributed by atoms with Gasteiger partial charge >= 0.3 is 0 Å². The number of carbonyl (C=O) groups is 2. The topological polar surface area (TPSA) is 49.4 Å². The van der Waals surface area contributed by atoms with Crippen LogP contribution in [0.3, 0.4) is 0 Å². The molecule has 0 bridgehead atoms. The molecular formula is C29H33FN2O2. The van der Waals surface area contributed by atoms with E-state index in [1.54, 1.807) is 23.1 Å². The van der Waals surface area contributed by atoms with Gasteiger partial charge in [0, 0.05) is 25.1 Å². The summed E-state index contributed by atoms with van der Waals surface area (Å²) >= 11 is 0. The first-order chi connectivity index (χ1) is 16.5. The van der Waals surface area contributed by atoms with Crippen molar-refractivity contribution in [2.75, 3.05) is 6.54 Å². The largest absolute Gasteiger partial charge is 0.354 e. The highest BCUT2D eigenvalue weighted by atomic mass is 19.1. The Bertz CT molecular complexity index is 1080. The minimum Gasteiger partial charge on any atom is -0.354 e. The van der Waals surface area contributed by atoms with Gasteiger partial charge < -0.3 is 10.2 Å². The molecule has 34 heavy (non-hydrogen) atoms. The zero-order chi connectivity index (χ0) is 24.3. The molecule has 1 atom stereocenters. The van der Waals surface area contributed by atoms with Crippen LogP contribution >= 0.6 is 0 Å². The number of carbonyl (C=O) groups excluding carboxylic acids is 2. The Morgan fingerprint density at radius 3 is 2.24 bits per heavy atom. The highest BCUT2D eigenvalue weighted by Gasteiger charge is 2.31. The minimum absolute atomic E-state index is 0.0239. The summed E-state index contributed by atoms with van der Waals surface area (Å²) in [4.78, 5) is 28.6. The van der Waals surface area contributed by atoms with Gasteiger partial charge in [-0.25, -0.2) is 4.39 Å². The highest BCUT2D eigenvalue weighted by molar-refractivity contribution is 5.89. The first-order valence-corrected chi connectivity index (χ1v) is 11.9. The molecule has 3 aromatic carbocycles. The van der Waals surface area contributed by atoms with E-state index in [1.165, 1.54) is 6.07 Å². The first kappa shape index (κ1) is 25.2. The number of hydrogen-bond donors (Lipinski definition) is 1. The second-order valence-electron chi connectivity index (χ2n) is 8.57. The van der Waals surface area contributed by atoms with Gasteiger partial charge in [-0.05, 0) is 36.1 Å². The van der Waals surface area contributed by atoms with E-state index >= 15 is 0 Å². The molecule has 0 radical (unpaired) electrons. The van der Waals surface area contributed by atoms with Crippen LogP contribution in [-0.2, 0) is 29.0 Å². The Morgan fingerprint density at radius 1 is 0.912 bits per heavy atom. The number of hydrogen-bond acceptors (Lipinski definition) is 2. The van der Waals surface area contributed by atoms with E-state index < -0.39 is 6.04 Å². The highest BCUT2D eigenvalue weighted by Crippen LogP contribution is 2.19. The Morgan fingerprint density at radius 2 is 1.56 bits per heavy atom. The van der Waals surface area contributed by atoms with Crippen LogP contribution in [0.15, 0.2) is 78.9 Å². The standard InChI is InChI=1S/C29H33FN2O2/c1-3-4-18-31-29(34)27(19-23-13-6-5-7-14-23)32(21-25-16-10-11-17-26(25)30)28(33)20-24-15-9-8-12-22(24)2/h5-17,27H,3-4,18-21H2,1-2H3,(H,31,34). The number of aryl methyl sites for hydroxylation is 1. The van der Waals surface area contributed by atoms with E-state index in [4.69, 9.17) is 0 Å². The SMILES string of the molecule is CCCCNC(=O)C(Cc1ccccc1)N(Cc1ccccc1F)C(=O)Cc1ccccc1C. The van der Waals surface area contributed by atoms with Gasteiger partial charge in [-0.15, -0.1) is 0 Å². The van der Waals surface area contributed by atoms with Gasteiger partial charge in [-0.1, -0.05) is 86.1 Å². The van der Waals surface area contributed by atoms with Crippen molar-refractivity contribution in [3.63, 3.8) is 0 Å². The predicted molar refractivity (Wildman–Crippen MR) is 134 cm³/mol. The van der Waals surface area contributed by atoms with E-state index in [0.717, 1.165) is 29.5 Å². The lowest BCUT2D eigenvalue weighted by molar-refractivity contribution is -0.140. The number of nitrogens with one attached hydrogen (secondary N) is 1. The molecule has 0 aromatic heterocycles. The third kappa shape index (κ3) is 7.01. The van der Waals surface area contributed by atoms with Crippen LogP contribution in [0.2, 0.25) is 0 Å². The number of rotatable bonds is 11. The van der Waals surface area contributed by atoms with Gasteiger partial charge in [-0.2, -0.15) is 0 Å². The van der Waals surface area contributed by atoms with Gasteiger partial charge in [0.25, 0.3) is 0 Å². The van der Waals surface area contributed by atoms with E-state index in [0.29, 0.717) is 18.5 Å². The lowest BCUT2D eigenvalue weighted by atomic mass is 10.00. The molecular weight excluding hydrogens is 427 g/mol. The fourth-order valence-electron chi connectivity index (χ4n) is 3.94. The number of halogens is 1. The van der Waals surface area contributed by atoms with Gasteiger partial charge in [0.15, 0.2) is 0 Å². The molecule has 3 rings (SSSR count). The zero-order valence-corrected chi connectivity index (χ0v) is 20.0. The Hall–Kier alpha value is -3.47. The first-order valence-electron chi connectivity index (χ1n) is 11.9. The van der Waals surface area contributed by atoms with Crippen molar-refractivity contribution in [1.82, 2.24) is 10.2 Å². The molecule has 178 valence electrons. The molecule has 3 aromatic rings. The molecule has 5 heteroatoms. The number of amides is 2. The quantitative estimate of drug-likeness (QED) is 0.398. The monoisotopic (exact) mass is 460 g/mol. The van der Waals surface area contributed by atoms with Crippen LogP contribution in [0.25, 0.3) is 0 Å². The van der Waals surface area contributed by atoms with Crippen molar-refractivity contribution < 1.29 is 14.0 Å². The molecule has 2 amide bonds.